The Bertz CT molecular complexity index is 1470. The van der Waals surface area contributed by atoms with Crippen LogP contribution in [0.2, 0.25) is 0 Å². The van der Waals surface area contributed by atoms with Crippen LogP contribution in [0, 0.1) is 12.7 Å². The lowest BCUT2D eigenvalue weighted by Gasteiger charge is -2.24. The lowest BCUT2D eigenvalue weighted by atomic mass is 9.91. The van der Waals surface area contributed by atoms with Gasteiger partial charge in [-0.25, -0.2) is 17.9 Å². The highest BCUT2D eigenvalue weighted by Gasteiger charge is 2.44. The third-order valence-electron chi connectivity index (χ3n) is 4.94. The van der Waals surface area contributed by atoms with Crippen molar-refractivity contribution >= 4 is 15.9 Å². The molecule has 0 bridgehead atoms. The van der Waals surface area contributed by atoms with E-state index in [-0.39, 0.29) is 11.6 Å². The Morgan fingerprint density at radius 1 is 0.917 bits per heavy atom. The molecule has 36 heavy (non-hydrogen) atoms. The topological polar surface area (TPSA) is 112 Å². The summed E-state index contributed by atoms with van der Waals surface area (Å²) in [6, 6.07) is 5.87. The van der Waals surface area contributed by atoms with Crippen molar-refractivity contribution in [1.29, 1.82) is 0 Å². The van der Waals surface area contributed by atoms with Crippen molar-refractivity contribution in [2.75, 3.05) is 0 Å². The molecule has 0 heterocycles. The molecule has 3 aromatic rings. The van der Waals surface area contributed by atoms with Crippen LogP contribution in [-0.4, -0.2) is 14.3 Å². The summed E-state index contributed by atoms with van der Waals surface area (Å²) in [6.45, 7) is 1.25. The van der Waals surface area contributed by atoms with E-state index in [1.165, 1.54) is 6.92 Å². The number of nitrogens with two attached hydrogens (primary N) is 2. The Morgan fingerprint density at radius 2 is 1.53 bits per heavy atom. The van der Waals surface area contributed by atoms with Crippen molar-refractivity contribution in [1.82, 2.24) is 0 Å². The first kappa shape index (κ1) is 26.9. The number of alkyl halides is 6. The number of sulfonamides is 1. The number of benzene rings is 3. The third-order valence-corrected chi connectivity index (χ3v) is 5.85. The molecular weight excluding hydrogens is 521 g/mol. The Kier molecular flexibility index (Phi) is 6.81. The van der Waals surface area contributed by atoms with Gasteiger partial charge in [0.1, 0.15) is 17.3 Å². The average molecular weight is 536 g/mol. The summed E-state index contributed by atoms with van der Waals surface area (Å²) in [5.74, 6) is -4.22. The minimum absolute atomic E-state index is 0.0411. The summed E-state index contributed by atoms with van der Waals surface area (Å²) in [6.07, 6.45) is -10.9. The number of carbonyl (C=O) groups is 1. The van der Waals surface area contributed by atoms with Crippen LogP contribution in [-0.2, 0) is 22.4 Å². The molecule has 0 saturated carbocycles. The zero-order valence-corrected chi connectivity index (χ0v) is 18.8. The average Bonchev–Trinajstić information content (AvgIpc) is 2.72. The first-order valence-corrected chi connectivity index (χ1v) is 11.2. The highest BCUT2D eigenvalue weighted by Crippen LogP contribution is 2.50. The molecule has 14 heteroatoms. The number of ether oxygens (including phenoxy) is 1. The second-order valence-corrected chi connectivity index (χ2v) is 9.06. The van der Waals surface area contributed by atoms with Crippen molar-refractivity contribution in [3.8, 4) is 22.6 Å². The van der Waals surface area contributed by atoms with Crippen LogP contribution in [0.25, 0.3) is 11.1 Å². The van der Waals surface area contributed by atoms with E-state index in [2.05, 4.69) is 0 Å². The molecular formula is C22H15F7N2O4S. The summed E-state index contributed by atoms with van der Waals surface area (Å²) in [5.41, 5.74) is -1.98. The van der Waals surface area contributed by atoms with Gasteiger partial charge >= 0.3 is 12.4 Å². The van der Waals surface area contributed by atoms with E-state index < -0.39 is 78.3 Å². The first-order valence-electron chi connectivity index (χ1n) is 9.63. The van der Waals surface area contributed by atoms with E-state index in [1.54, 1.807) is 0 Å². The van der Waals surface area contributed by atoms with Crippen molar-refractivity contribution in [2.45, 2.75) is 24.2 Å². The highest BCUT2D eigenvalue weighted by atomic mass is 32.2. The quantitative estimate of drug-likeness (QED) is 0.427. The number of halogens is 7. The van der Waals surface area contributed by atoms with Gasteiger partial charge in [-0.05, 0) is 54.4 Å². The molecule has 0 aliphatic heterocycles. The molecule has 0 fully saturated rings. The number of carbonyl (C=O) groups excluding carboxylic acids is 1. The van der Waals surface area contributed by atoms with E-state index in [9.17, 15) is 43.9 Å². The van der Waals surface area contributed by atoms with E-state index in [1.807, 2.05) is 0 Å². The normalized spacial score (nSPS) is 12.5. The summed E-state index contributed by atoms with van der Waals surface area (Å²) in [5, 5.41) is 5.04. The summed E-state index contributed by atoms with van der Waals surface area (Å²) in [4.78, 5) is 11.5. The largest absolute Gasteiger partial charge is 0.456 e. The predicted octanol–water partition coefficient (Wildman–Crippen LogP) is 5.38. The van der Waals surface area contributed by atoms with Gasteiger partial charge < -0.3 is 10.5 Å². The maximum atomic E-state index is 14.1. The molecule has 3 aromatic carbocycles. The fourth-order valence-corrected chi connectivity index (χ4v) is 3.96. The molecule has 0 radical (unpaired) electrons. The van der Waals surface area contributed by atoms with E-state index in [0.29, 0.717) is 6.07 Å². The van der Waals surface area contributed by atoms with E-state index in [4.69, 9.17) is 15.6 Å². The summed E-state index contributed by atoms with van der Waals surface area (Å²) < 4.78 is 126. The van der Waals surface area contributed by atoms with Gasteiger partial charge in [0.05, 0.1) is 21.6 Å². The lowest BCUT2D eigenvalue weighted by Crippen LogP contribution is -2.23. The molecule has 192 valence electrons. The molecule has 3 rings (SSSR count). The molecule has 0 aliphatic rings. The van der Waals surface area contributed by atoms with Crippen LogP contribution < -0.4 is 15.6 Å². The molecule has 6 nitrogen and oxygen atoms in total. The number of primary sulfonamides is 1. The summed E-state index contributed by atoms with van der Waals surface area (Å²) >= 11 is 0. The van der Waals surface area contributed by atoms with Crippen molar-refractivity contribution in [3.63, 3.8) is 0 Å². The number of aryl methyl sites for hydroxylation is 1. The number of hydrogen-bond donors (Lipinski definition) is 2. The Morgan fingerprint density at radius 3 is 2.03 bits per heavy atom. The predicted molar refractivity (Wildman–Crippen MR) is 113 cm³/mol. The zero-order chi connectivity index (χ0) is 27.2. The second kappa shape index (κ2) is 9.09. The second-order valence-electron chi connectivity index (χ2n) is 7.50. The van der Waals surface area contributed by atoms with Crippen LogP contribution in [0.1, 0.15) is 27.0 Å². The van der Waals surface area contributed by atoms with Crippen LogP contribution in [0.5, 0.6) is 11.5 Å². The Hall–Kier alpha value is -3.65. The zero-order valence-electron chi connectivity index (χ0n) is 18.0. The summed E-state index contributed by atoms with van der Waals surface area (Å²) in [7, 11) is -4.46. The van der Waals surface area contributed by atoms with Crippen LogP contribution in [0.4, 0.5) is 30.7 Å². The third kappa shape index (κ3) is 5.44. The highest BCUT2D eigenvalue weighted by molar-refractivity contribution is 7.89. The Balaban J connectivity index is 2.56. The monoisotopic (exact) mass is 536 g/mol. The smallest absolute Gasteiger partial charge is 0.417 e. The SMILES string of the molecule is Cc1cc(F)ccc1Oc1c(C(N)=O)c(C(F)(F)F)cc(C(F)(F)F)c1-c1cccc(S(N)(=O)=O)c1. The number of primary amides is 1. The molecule has 0 unspecified atom stereocenters. The molecule has 0 aromatic heterocycles. The van der Waals surface area contributed by atoms with Gasteiger partial charge in [-0.15, -0.1) is 0 Å². The number of amides is 1. The number of hydrogen-bond acceptors (Lipinski definition) is 4. The van der Waals surface area contributed by atoms with Gasteiger partial charge in [0.25, 0.3) is 5.91 Å². The molecule has 0 saturated heterocycles. The minimum atomic E-state index is -5.48. The van der Waals surface area contributed by atoms with Crippen molar-refractivity contribution in [2.24, 2.45) is 10.9 Å². The maximum absolute atomic E-state index is 14.1. The van der Waals surface area contributed by atoms with E-state index in [0.717, 1.165) is 36.4 Å². The van der Waals surface area contributed by atoms with Gasteiger partial charge in [0.2, 0.25) is 10.0 Å². The lowest BCUT2D eigenvalue weighted by molar-refractivity contribution is -0.143. The Labute approximate surface area is 199 Å². The van der Waals surface area contributed by atoms with Gasteiger partial charge in [0.15, 0.2) is 0 Å². The van der Waals surface area contributed by atoms with Crippen molar-refractivity contribution < 1.29 is 48.7 Å². The van der Waals surface area contributed by atoms with E-state index >= 15 is 0 Å². The minimum Gasteiger partial charge on any atom is -0.456 e. The van der Waals surface area contributed by atoms with Crippen LogP contribution >= 0.6 is 0 Å². The maximum Gasteiger partial charge on any atom is 0.417 e. The van der Waals surface area contributed by atoms with Gasteiger partial charge in [-0.3, -0.25) is 4.79 Å². The van der Waals surface area contributed by atoms with Gasteiger partial charge in [-0.2, -0.15) is 26.3 Å². The van der Waals surface area contributed by atoms with Crippen LogP contribution in [0.3, 0.4) is 0 Å². The van der Waals surface area contributed by atoms with Crippen LogP contribution in [0.15, 0.2) is 53.4 Å². The molecule has 0 spiro atoms. The van der Waals surface area contributed by atoms with Gasteiger partial charge in [-0.1, -0.05) is 12.1 Å². The first-order chi connectivity index (χ1) is 16.4. The number of rotatable bonds is 5. The fraction of sp³-hybridized carbons (Fsp3) is 0.136. The standard InChI is InChI=1S/C22H15F7N2O4S/c1-10-7-12(23)5-6-16(10)35-19-17(11-3-2-4-13(8-11)36(31,33)34)14(21(24,25)26)9-15(22(27,28)29)18(19)20(30)32/h2-9H,1H3,(H2,30,32)(H2,31,33,34). The molecule has 0 aliphatic carbocycles. The fourth-order valence-electron chi connectivity index (χ4n) is 3.40. The van der Waals surface area contributed by atoms with Crippen molar-refractivity contribution in [3.05, 3.63) is 76.6 Å². The molecule has 0 atom stereocenters. The molecule has 4 N–H and O–H groups in total. The molecule has 1 amide bonds. The van der Waals surface area contributed by atoms with Gasteiger partial charge in [0, 0.05) is 5.56 Å².